The summed E-state index contributed by atoms with van der Waals surface area (Å²) in [7, 11) is 0. The zero-order chi connectivity index (χ0) is 12.3. The third-order valence-electron chi connectivity index (χ3n) is 2.16. The molecular weight excluding hydrogens is 329 g/mol. The van der Waals surface area contributed by atoms with Gasteiger partial charge in [-0.3, -0.25) is 4.79 Å². The van der Waals surface area contributed by atoms with Crippen LogP contribution in [0, 0.1) is 3.57 Å². The summed E-state index contributed by atoms with van der Waals surface area (Å²) in [5.74, 6) is -0.0202. The van der Waals surface area contributed by atoms with E-state index < -0.39 is 5.91 Å². The van der Waals surface area contributed by atoms with Gasteiger partial charge in [0.05, 0.1) is 5.56 Å². The number of hydrogen-bond acceptors (Lipinski definition) is 3. The Hall–Kier alpha value is -1.63. The number of nitrogens with zero attached hydrogens (tertiary/aromatic N) is 1. The fraction of sp³-hybridized carbons (Fsp3) is 0. The van der Waals surface area contributed by atoms with Crippen molar-refractivity contribution in [2.24, 2.45) is 5.73 Å². The number of carbonyl (C=O) groups excluding carboxylic acids is 1. The molecule has 0 radical (unpaired) electrons. The molecule has 0 bridgehead atoms. The Morgan fingerprint density at radius 3 is 2.82 bits per heavy atom. The van der Waals surface area contributed by atoms with Crippen LogP contribution in [0.5, 0.6) is 0 Å². The molecule has 0 spiro atoms. The van der Waals surface area contributed by atoms with E-state index in [-0.39, 0.29) is 0 Å². The van der Waals surface area contributed by atoms with Crippen LogP contribution >= 0.6 is 22.6 Å². The number of carbonyl (C=O) groups is 1. The summed E-state index contributed by atoms with van der Waals surface area (Å²) in [5.41, 5.74) is 6.53. The zero-order valence-electron chi connectivity index (χ0n) is 8.85. The summed E-state index contributed by atoms with van der Waals surface area (Å²) in [6, 6.07) is 11.1. The van der Waals surface area contributed by atoms with Gasteiger partial charge in [0.25, 0.3) is 5.91 Å². The molecular formula is C12H10IN3O. The first kappa shape index (κ1) is 11.8. The largest absolute Gasteiger partial charge is 0.365 e. The Morgan fingerprint density at radius 1 is 1.29 bits per heavy atom. The number of primary amides is 1. The first-order valence-electron chi connectivity index (χ1n) is 4.94. The Morgan fingerprint density at radius 2 is 2.12 bits per heavy atom. The van der Waals surface area contributed by atoms with E-state index in [1.165, 1.54) is 0 Å². The molecule has 17 heavy (non-hydrogen) atoms. The first-order valence-corrected chi connectivity index (χ1v) is 6.02. The van der Waals surface area contributed by atoms with Gasteiger partial charge in [0.2, 0.25) is 0 Å². The summed E-state index contributed by atoms with van der Waals surface area (Å²) in [5, 5.41) is 3.08. The second-order valence-corrected chi connectivity index (χ2v) is 4.64. The fourth-order valence-corrected chi connectivity index (χ4v) is 1.95. The molecule has 2 aromatic rings. The van der Waals surface area contributed by atoms with Crippen molar-refractivity contribution < 1.29 is 4.79 Å². The molecule has 1 aromatic carbocycles. The third kappa shape index (κ3) is 2.94. The van der Waals surface area contributed by atoms with Gasteiger partial charge in [0, 0.05) is 15.5 Å². The van der Waals surface area contributed by atoms with Crippen LogP contribution in [0.2, 0.25) is 0 Å². The summed E-state index contributed by atoms with van der Waals surface area (Å²) in [6.07, 6.45) is 1.61. The molecule has 0 aliphatic carbocycles. The molecule has 1 heterocycles. The number of hydrogen-bond donors (Lipinski definition) is 2. The van der Waals surface area contributed by atoms with E-state index >= 15 is 0 Å². The molecule has 5 heteroatoms. The van der Waals surface area contributed by atoms with E-state index in [0.29, 0.717) is 11.4 Å². The Kier molecular flexibility index (Phi) is 3.58. The van der Waals surface area contributed by atoms with Gasteiger partial charge in [-0.25, -0.2) is 4.98 Å². The van der Waals surface area contributed by atoms with Gasteiger partial charge in [0.15, 0.2) is 0 Å². The number of nitrogens with two attached hydrogens (primary N) is 1. The summed E-state index contributed by atoms with van der Waals surface area (Å²) >= 11 is 2.22. The molecule has 1 aromatic heterocycles. The van der Waals surface area contributed by atoms with Crippen molar-refractivity contribution in [2.75, 3.05) is 5.32 Å². The van der Waals surface area contributed by atoms with Gasteiger partial charge in [-0.1, -0.05) is 6.07 Å². The second-order valence-electron chi connectivity index (χ2n) is 3.40. The van der Waals surface area contributed by atoms with E-state index in [9.17, 15) is 4.79 Å². The molecule has 0 atom stereocenters. The molecule has 86 valence electrons. The lowest BCUT2D eigenvalue weighted by atomic mass is 10.2. The van der Waals surface area contributed by atoms with Crippen LogP contribution in [-0.4, -0.2) is 10.9 Å². The minimum absolute atomic E-state index is 0.381. The van der Waals surface area contributed by atoms with Crippen LogP contribution in [0.15, 0.2) is 42.6 Å². The Labute approximate surface area is 112 Å². The highest BCUT2D eigenvalue weighted by Crippen LogP contribution is 2.19. The predicted molar refractivity (Wildman–Crippen MR) is 75.2 cm³/mol. The van der Waals surface area contributed by atoms with Crippen LogP contribution in [0.3, 0.4) is 0 Å². The first-order chi connectivity index (χ1) is 8.16. The summed E-state index contributed by atoms with van der Waals surface area (Å²) < 4.78 is 1.10. The average Bonchev–Trinajstić information content (AvgIpc) is 2.29. The van der Waals surface area contributed by atoms with Gasteiger partial charge in [-0.2, -0.15) is 0 Å². The molecule has 3 N–H and O–H groups in total. The number of aromatic nitrogens is 1. The van der Waals surface area contributed by atoms with Gasteiger partial charge in [-0.15, -0.1) is 0 Å². The Balaban J connectivity index is 2.33. The highest BCUT2D eigenvalue weighted by atomic mass is 127. The zero-order valence-corrected chi connectivity index (χ0v) is 11.0. The fourth-order valence-electron chi connectivity index (χ4n) is 1.41. The number of nitrogens with one attached hydrogen (secondary N) is 1. The van der Waals surface area contributed by atoms with Crippen LogP contribution in [0.4, 0.5) is 11.5 Å². The van der Waals surface area contributed by atoms with Gasteiger partial charge in [-0.05, 0) is 52.9 Å². The lowest BCUT2D eigenvalue weighted by Crippen LogP contribution is -2.14. The number of rotatable bonds is 3. The van der Waals surface area contributed by atoms with Crippen molar-refractivity contribution >= 4 is 40.0 Å². The van der Waals surface area contributed by atoms with Crippen LogP contribution in [0.25, 0.3) is 0 Å². The second kappa shape index (κ2) is 5.13. The van der Waals surface area contributed by atoms with E-state index in [1.54, 1.807) is 18.3 Å². The smallest absolute Gasteiger partial charge is 0.252 e. The normalized spacial score (nSPS) is 9.94. The van der Waals surface area contributed by atoms with Crippen molar-refractivity contribution in [3.8, 4) is 0 Å². The highest BCUT2D eigenvalue weighted by molar-refractivity contribution is 14.1. The molecule has 4 nitrogen and oxygen atoms in total. The molecule has 0 unspecified atom stereocenters. The van der Waals surface area contributed by atoms with Gasteiger partial charge >= 0.3 is 0 Å². The number of amides is 1. The van der Waals surface area contributed by atoms with Gasteiger partial charge in [0.1, 0.15) is 5.82 Å². The lowest BCUT2D eigenvalue weighted by Gasteiger charge is -2.08. The molecule has 0 saturated carbocycles. The van der Waals surface area contributed by atoms with Crippen LogP contribution in [0.1, 0.15) is 10.4 Å². The molecule has 2 rings (SSSR count). The van der Waals surface area contributed by atoms with E-state index in [0.717, 1.165) is 9.26 Å². The number of anilines is 2. The predicted octanol–water partition coefficient (Wildman–Crippen LogP) is 2.53. The third-order valence-corrected chi connectivity index (χ3v) is 2.83. The Bertz CT molecular complexity index is 557. The maximum absolute atomic E-state index is 11.2. The van der Waals surface area contributed by atoms with Crippen molar-refractivity contribution in [1.29, 1.82) is 0 Å². The van der Waals surface area contributed by atoms with Crippen LogP contribution < -0.4 is 11.1 Å². The van der Waals surface area contributed by atoms with Crippen molar-refractivity contribution in [3.05, 3.63) is 51.7 Å². The molecule has 0 aliphatic rings. The average molecular weight is 339 g/mol. The molecule has 0 aliphatic heterocycles. The maximum atomic E-state index is 11.2. The molecule has 0 fully saturated rings. The topological polar surface area (TPSA) is 68.0 Å². The monoisotopic (exact) mass is 339 g/mol. The van der Waals surface area contributed by atoms with E-state index in [2.05, 4.69) is 32.9 Å². The number of benzene rings is 1. The van der Waals surface area contributed by atoms with Crippen molar-refractivity contribution in [1.82, 2.24) is 4.98 Å². The van der Waals surface area contributed by atoms with E-state index in [1.807, 2.05) is 24.3 Å². The van der Waals surface area contributed by atoms with Crippen molar-refractivity contribution in [2.45, 2.75) is 0 Å². The molecule has 0 saturated heterocycles. The molecule has 1 amide bonds. The lowest BCUT2D eigenvalue weighted by molar-refractivity contribution is 0.100. The minimum Gasteiger partial charge on any atom is -0.365 e. The SMILES string of the molecule is NC(=O)c1cccnc1Nc1cccc(I)c1. The van der Waals surface area contributed by atoms with Crippen molar-refractivity contribution in [3.63, 3.8) is 0 Å². The summed E-state index contributed by atoms with van der Waals surface area (Å²) in [4.78, 5) is 15.3. The quantitative estimate of drug-likeness (QED) is 0.845. The maximum Gasteiger partial charge on any atom is 0.252 e. The summed E-state index contributed by atoms with van der Waals surface area (Å²) in [6.45, 7) is 0. The number of pyridine rings is 1. The standard InChI is InChI=1S/C12H10IN3O/c13-8-3-1-4-9(7-8)16-12-10(11(14)17)5-2-6-15-12/h1-7H,(H2,14,17)(H,15,16). The van der Waals surface area contributed by atoms with Crippen LogP contribution in [-0.2, 0) is 0 Å². The minimum atomic E-state index is -0.494. The van der Waals surface area contributed by atoms with Gasteiger partial charge < -0.3 is 11.1 Å². The number of halogens is 1. The highest BCUT2D eigenvalue weighted by Gasteiger charge is 2.08. The van der Waals surface area contributed by atoms with E-state index in [4.69, 9.17) is 5.73 Å².